The molecule has 3 heteroatoms. The molecule has 0 aromatic carbocycles. The zero-order valence-electron chi connectivity index (χ0n) is 5.34. The maximum atomic E-state index is 4.17. The van der Waals surface area contributed by atoms with Crippen LogP contribution in [0.3, 0.4) is 0 Å². The van der Waals surface area contributed by atoms with E-state index in [4.69, 9.17) is 0 Å². The van der Waals surface area contributed by atoms with Gasteiger partial charge in [-0.1, -0.05) is 0 Å². The highest BCUT2D eigenvalue weighted by atomic mass is 79.9. The first-order chi connectivity index (χ1) is 4.47. The molecule has 1 aliphatic carbocycles. The van der Waals surface area contributed by atoms with Crippen LogP contribution in [-0.4, -0.2) is 12.4 Å². The van der Waals surface area contributed by atoms with Crippen LogP contribution in [0.2, 0.25) is 0 Å². The molecule has 1 atom stereocenters. The molecule has 1 heterocycles. The molecule has 0 bridgehead atoms. The van der Waals surface area contributed by atoms with E-state index >= 15 is 0 Å². The summed E-state index contributed by atoms with van der Waals surface area (Å²) in [5.41, 5.74) is 1.11. The minimum absolute atomic E-state index is 0. The van der Waals surface area contributed by atoms with Gasteiger partial charge in [-0.05, 0) is 0 Å². The van der Waals surface area contributed by atoms with Crippen LogP contribution in [0.4, 0.5) is 0 Å². The zero-order chi connectivity index (χ0) is 6.10. The molecule has 10 heavy (non-hydrogen) atoms. The molecule has 0 spiro atoms. The molecule has 0 saturated heterocycles. The largest absolute Gasteiger partial charge is 1.00 e. The van der Waals surface area contributed by atoms with E-state index in [2.05, 4.69) is 22.5 Å². The topological polar surface area (TPSA) is 24.4 Å². The van der Waals surface area contributed by atoms with Gasteiger partial charge in [-0.3, -0.25) is 4.99 Å². The van der Waals surface area contributed by atoms with Gasteiger partial charge in [0.15, 0.2) is 11.8 Å². The Labute approximate surface area is 70.5 Å². The van der Waals surface area contributed by atoms with Crippen molar-refractivity contribution in [2.24, 2.45) is 4.99 Å². The summed E-state index contributed by atoms with van der Waals surface area (Å²) < 4.78 is 0. The van der Waals surface area contributed by atoms with Crippen molar-refractivity contribution in [1.29, 1.82) is 0 Å². The summed E-state index contributed by atoms with van der Waals surface area (Å²) in [5, 5.41) is 3.02. The summed E-state index contributed by atoms with van der Waals surface area (Å²) >= 11 is 0. The number of rotatable bonds is 0. The van der Waals surface area contributed by atoms with Crippen molar-refractivity contribution in [3.63, 3.8) is 0 Å². The molecular formula is C7H7BrN2. The lowest BCUT2D eigenvalue weighted by molar-refractivity contribution is -0.00000187. The summed E-state index contributed by atoms with van der Waals surface area (Å²) in [6, 6.07) is 0.343. The minimum Gasteiger partial charge on any atom is -1.00 e. The third kappa shape index (κ3) is 1.11. The van der Waals surface area contributed by atoms with E-state index in [0.29, 0.717) is 6.04 Å². The Morgan fingerprint density at radius 1 is 1.70 bits per heavy atom. The van der Waals surface area contributed by atoms with Crippen molar-refractivity contribution in [3.8, 4) is 0 Å². The van der Waals surface area contributed by atoms with Crippen molar-refractivity contribution in [2.45, 2.75) is 12.5 Å². The number of allylic oxidation sites excluding steroid dienone is 2. The van der Waals surface area contributed by atoms with Crippen LogP contribution in [0.25, 0.3) is 0 Å². The molecule has 0 amide bonds. The molecule has 0 aromatic rings. The van der Waals surface area contributed by atoms with Crippen molar-refractivity contribution in [1.82, 2.24) is 5.32 Å². The van der Waals surface area contributed by atoms with E-state index in [1.54, 1.807) is 6.34 Å². The van der Waals surface area contributed by atoms with Crippen molar-refractivity contribution < 1.29 is 17.0 Å². The van der Waals surface area contributed by atoms with Crippen LogP contribution in [0.5, 0.6) is 0 Å². The van der Waals surface area contributed by atoms with Crippen LogP contribution in [0, 0.1) is 6.08 Å². The summed E-state index contributed by atoms with van der Waals surface area (Å²) in [5.74, 6) is 0. The third-order valence-corrected chi connectivity index (χ3v) is 1.52. The van der Waals surface area contributed by atoms with Gasteiger partial charge in [-0.2, -0.15) is 0 Å². The Kier molecular flexibility index (Phi) is 2.20. The molecule has 2 rings (SSSR count). The van der Waals surface area contributed by atoms with Gasteiger partial charge in [0.25, 0.3) is 0 Å². The molecule has 2 aliphatic rings. The number of halogens is 1. The quantitative estimate of drug-likeness (QED) is 0.433. The second-order valence-corrected chi connectivity index (χ2v) is 2.13. The molecule has 0 fully saturated rings. The van der Waals surface area contributed by atoms with Gasteiger partial charge in [-0.25, -0.2) is 0 Å². The predicted molar refractivity (Wildman–Crippen MR) is 35.9 cm³/mol. The first-order valence-electron chi connectivity index (χ1n) is 3.03. The van der Waals surface area contributed by atoms with E-state index < -0.39 is 0 Å². The number of hydrogen-bond acceptors (Lipinski definition) is 2. The number of nitrogens with one attached hydrogen (secondary N) is 1. The molecular weight excluding hydrogens is 192 g/mol. The Bertz CT molecular complexity index is 206. The summed E-state index contributed by atoms with van der Waals surface area (Å²) in [7, 11) is 0. The number of fused-ring (bicyclic) bond motifs is 1. The van der Waals surface area contributed by atoms with Crippen LogP contribution in [0.15, 0.2) is 22.8 Å². The van der Waals surface area contributed by atoms with Gasteiger partial charge in [0.2, 0.25) is 0 Å². The van der Waals surface area contributed by atoms with Gasteiger partial charge >= 0.3 is 0 Å². The SMILES string of the molecule is [Br-].[C+]1=C2NC=NC2CC=C1. The monoisotopic (exact) mass is 198 g/mol. The molecule has 52 valence electrons. The normalized spacial score (nSPS) is 25.6. The van der Waals surface area contributed by atoms with Gasteiger partial charge in [0, 0.05) is 0 Å². The van der Waals surface area contributed by atoms with Crippen LogP contribution >= 0.6 is 0 Å². The number of aliphatic imine (C=N–C) groups is 1. The lowest BCUT2D eigenvalue weighted by atomic mass is 10.1. The second-order valence-electron chi connectivity index (χ2n) is 2.13. The van der Waals surface area contributed by atoms with Crippen molar-refractivity contribution in [3.05, 3.63) is 23.9 Å². The Morgan fingerprint density at radius 3 is 3.40 bits per heavy atom. The third-order valence-electron chi connectivity index (χ3n) is 1.52. The maximum Gasteiger partial charge on any atom is 0.190 e. The van der Waals surface area contributed by atoms with Gasteiger partial charge in [-0.15, -0.1) is 0 Å². The molecule has 2 nitrogen and oxygen atoms in total. The first-order valence-corrected chi connectivity index (χ1v) is 3.03. The highest BCUT2D eigenvalue weighted by Crippen LogP contribution is 2.15. The fourth-order valence-electron chi connectivity index (χ4n) is 1.03. The lowest BCUT2D eigenvalue weighted by Gasteiger charge is -1.99. The Morgan fingerprint density at radius 2 is 2.60 bits per heavy atom. The average molecular weight is 199 g/mol. The van der Waals surface area contributed by atoms with Crippen LogP contribution in [-0.2, 0) is 0 Å². The van der Waals surface area contributed by atoms with Crippen molar-refractivity contribution in [2.75, 3.05) is 0 Å². The summed E-state index contributed by atoms with van der Waals surface area (Å²) in [4.78, 5) is 4.17. The van der Waals surface area contributed by atoms with Gasteiger partial charge < -0.3 is 22.3 Å². The van der Waals surface area contributed by atoms with E-state index in [0.717, 1.165) is 12.1 Å². The van der Waals surface area contributed by atoms with Gasteiger partial charge in [0.05, 0.1) is 18.8 Å². The summed E-state index contributed by atoms with van der Waals surface area (Å²) in [6.45, 7) is 0. The van der Waals surface area contributed by atoms with E-state index in [9.17, 15) is 0 Å². The molecule has 0 radical (unpaired) electrons. The Balaban J connectivity index is 0.000000500. The molecule has 1 N–H and O–H groups in total. The van der Waals surface area contributed by atoms with E-state index in [-0.39, 0.29) is 17.0 Å². The maximum absolute atomic E-state index is 4.17. The summed E-state index contributed by atoms with van der Waals surface area (Å²) in [6.07, 6.45) is 9.86. The molecule has 0 aromatic heterocycles. The number of nitrogens with zero attached hydrogens (tertiary/aromatic N) is 1. The minimum atomic E-state index is 0. The fraction of sp³-hybridized carbons (Fsp3) is 0.286. The predicted octanol–water partition coefficient (Wildman–Crippen LogP) is -2.36. The highest BCUT2D eigenvalue weighted by molar-refractivity contribution is 5.62. The molecule has 1 unspecified atom stereocenters. The zero-order valence-corrected chi connectivity index (χ0v) is 6.93. The standard InChI is InChI=1S/C7H7N2.BrH/c1-2-4-7-6(3-1)8-5-9-7;/h1-2,5-6H,3H2,(H,8,9);1H/q+1;/p-1. The Hall–Kier alpha value is -0.660. The molecule has 1 aliphatic heterocycles. The second kappa shape index (κ2) is 2.95. The highest BCUT2D eigenvalue weighted by Gasteiger charge is 2.24. The smallest absolute Gasteiger partial charge is 0.190 e. The van der Waals surface area contributed by atoms with E-state index in [1.165, 1.54) is 0 Å². The van der Waals surface area contributed by atoms with Crippen LogP contribution < -0.4 is 22.3 Å². The van der Waals surface area contributed by atoms with Gasteiger partial charge in [0.1, 0.15) is 12.1 Å². The lowest BCUT2D eigenvalue weighted by Crippen LogP contribution is -3.00. The van der Waals surface area contributed by atoms with Crippen molar-refractivity contribution >= 4 is 6.34 Å². The molecule has 0 saturated carbocycles. The number of hydrogen-bond donors (Lipinski definition) is 1. The van der Waals surface area contributed by atoms with Crippen LogP contribution in [0.1, 0.15) is 6.42 Å². The van der Waals surface area contributed by atoms with E-state index in [1.807, 2.05) is 6.08 Å². The first kappa shape index (κ1) is 7.45. The fourth-order valence-corrected chi connectivity index (χ4v) is 1.03. The average Bonchev–Trinajstić information content (AvgIpc) is 2.33.